The molecule has 3 rings (SSSR count). The van der Waals surface area contributed by atoms with Crippen LogP contribution in [0.15, 0.2) is 36.7 Å². The van der Waals surface area contributed by atoms with Gasteiger partial charge in [-0.2, -0.15) is 0 Å². The molecule has 2 aromatic heterocycles. The number of nitrogens with zero attached hydrogens (tertiary/aromatic N) is 1. The van der Waals surface area contributed by atoms with Crippen LogP contribution in [0.1, 0.15) is 15.4 Å². The van der Waals surface area contributed by atoms with Gasteiger partial charge in [-0.1, -0.05) is 6.07 Å². The van der Waals surface area contributed by atoms with E-state index in [0.29, 0.717) is 0 Å². The van der Waals surface area contributed by atoms with Crippen LogP contribution in [0.25, 0.3) is 10.9 Å². The molecule has 92 valence electrons. The summed E-state index contributed by atoms with van der Waals surface area (Å²) in [6.07, 6.45) is 3.92. The van der Waals surface area contributed by atoms with Crippen molar-refractivity contribution >= 4 is 22.2 Å². The van der Waals surface area contributed by atoms with Crippen molar-refractivity contribution in [3.05, 3.63) is 52.1 Å². The Hall–Kier alpha value is -1.65. The fourth-order valence-electron chi connectivity index (χ4n) is 2.03. The first-order valence-corrected chi connectivity index (χ1v) is 6.81. The number of aromatic nitrogens is 2. The lowest BCUT2D eigenvalue weighted by atomic mass is 10.1. The van der Waals surface area contributed by atoms with E-state index in [1.54, 1.807) is 11.3 Å². The van der Waals surface area contributed by atoms with Gasteiger partial charge in [0.15, 0.2) is 0 Å². The highest BCUT2D eigenvalue weighted by molar-refractivity contribution is 7.11. The molecular weight excluding hydrogens is 242 g/mol. The minimum absolute atomic E-state index is 0.886. The molecule has 0 aliphatic heterocycles. The predicted octanol–water partition coefficient (Wildman–Crippen LogP) is 3.22. The summed E-state index contributed by atoms with van der Waals surface area (Å²) in [4.78, 5) is 8.74. The van der Waals surface area contributed by atoms with Crippen molar-refractivity contribution in [1.29, 1.82) is 0 Å². The number of thiazole rings is 1. The van der Waals surface area contributed by atoms with E-state index in [-0.39, 0.29) is 0 Å². The Morgan fingerprint density at radius 3 is 3.06 bits per heavy atom. The van der Waals surface area contributed by atoms with Crippen molar-refractivity contribution < 1.29 is 0 Å². The van der Waals surface area contributed by atoms with Gasteiger partial charge in [-0.3, -0.25) is 0 Å². The number of H-pyrrole nitrogens is 1. The van der Waals surface area contributed by atoms with Crippen LogP contribution in [0.2, 0.25) is 0 Å². The van der Waals surface area contributed by atoms with Crippen LogP contribution in [0, 0.1) is 6.92 Å². The molecule has 4 heteroatoms. The summed E-state index contributed by atoms with van der Waals surface area (Å²) in [5, 5.41) is 5.84. The topological polar surface area (TPSA) is 40.7 Å². The number of hydrogen-bond donors (Lipinski definition) is 2. The monoisotopic (exact) mass is 257 g/mol. The van der Waals surface area contributed by atoms with Gasteiger partial charge in [-0.15, -0.1) is 11.3 Å². The molecule has 2 N–H and O–H groups in total. The van der Waals surface area contributed by atoms with Crippen molar-refractivity contribution in [2.75, 3.05) is 0 Å². The molecule has 0 atom stereocenters. The smallest absolute Gasteiger partial charge is 0.0897 e. The Labute approximate surface area is 110 Å². The third-order valence-corrected chi connectivity index (χ3v) is 3.83. The first-order valence-electron chi connectivity index (χ1n) is 5.99. The predicted molar refractivity (Wildman–Crippen MR) is 75.7 cm³/mol. The van der Waals surface area contributed by atoms with Crippen LogP contribution in [-0.4, -0.2) is 9.97 Å². The molecule has 0 aliphatic rings. The van der Waals surface area contributed by atoms with E-state index in [9.17, 15) is 0 Å². The van der Waals surface area contributed by atoms with E-state index < -0.39 is 0 Å². The van der Waals surface area contributed by atoms with Crippen LogP contribution in [0.3, 0.4) is 0 Å². The highest BCUT2D eigenvalue weighted by Crippen LogP contribution is 2.15. The first kappa shape index (κ1) is 11.4. The summed E-state index contributed by atoms with van der Waals surface area (Å²) >= 11 is 1.75. The standard InChI is InChI=1S/C14H15N3S/c1-10-17-9-13(18-10)8-15-7-11-2-3-14-12(6-11)4-5-16-14/h2-6,9,15-16H,7-8H2,1H3. The van der Waals surface area contributed by atoms with Crippen molar-refractivity contribution in [2.24, 2.45) is 0 Å². The minimum Gasteiger partial charge on any atom is -0.361 e. The van der Waals surface area contributed by atoms with Crippen LogP contribution in [-0.2, 0) is 13.1 Å². The van der Waals surface area contributed by atoms with E-state index in [1.807, 2.05) is 19.3 Å². The van der Waals surface area contributed by atoms with Gasteiger partial charge in [-0.25, -0.2) is 4.98 Å². The summed E-state index contributed by atoms with van der Waals surface area (Å²) in [5.74, 6) is 0. The van der Waals surface area contributed by atoms with Crippen LogP contribution in [0.5, 0.6) is 0 Å². The van der Waals surface area contributed by atoms with Gasteiger partial charge in [-0.05, 0) is 36.1 Å². The zero-order valence-electron chi connectivity index (χ0n) is 10.2. The Morgan fingerprint density at radius 2 is 2.22 bits per heavy atom. The zero-order chi connectivity index (χ0) is 12.4. The second-order valence-electron chi connectivity index (χ2n) is 4.35. The number of aryl methyl sites for hydroxylation is 1. The highest BCUT2D eigenvalue weighted by Gasteiger charge is 1.99. The van der Waals surface area contributed by atoms with Gasteiger partial charge in [0.1, 0.15) is 0 Å². The molecule has 0 aliphatic carbocycles. The minimum atomic E-state index is 0.886. The third kappa shape index (κ3) is 2.44. The van der Waals surface area contributed by atoms with Crippen LogP contribution < -0.4 is 5.32 Å². The Balaban J connectivity index is 1.62. The lowest BCUT2D eigenvalue weighted by Gasteiger charge is -2.03. The molecular formula is C14H15N3S. The molecule has 0 fully saturated rings. The van der Waals surface area contributed by atoms with Crippen molar-refractivity contribution in [3.63, 3.8) is 0 Å². The molecule has 0 amide bonds. The van der Waals surface area contributed by atoms with Gasteiger partial charge < -0.3 is 10.3 Å². The Morgan fingerprint density at radius 1 is 1.28 bits per heavy atom. The van der Waals surface area contributed by atoms with E-state index in [1.165, 1.54) is 21.3 Å². The van der Waals surface area contributed by atoms with Gasteiger partial charge in [0.05, 0.1) is 5.01 Å². The molecule has 0 radical (unpaired) electrons. The van der Waals surface area contributed by atoms with E-state index >= 15 is 0 Å². The number of fused-ring (bicyclic) bond motifs is 1. The summed E-state index contributed by atoms with van der Waals surface area (Å²) < 4.78 is 0. The maximum atomic E-state index is 4.25. The van der Waals surface area contributed by atoms with Crippen molar-refractivity contribution in [3.8, 4) is 0 Å². The van der Waals surface area contributed by atoms with Gasteiger partial charge in [0, 0.05) is 35.9 Å². The largest absolute Gasteiger partial charge is 0.361 e. The summed E-state index contributed by atoms with van der Waals surface area (Å²) in [6.45, 7) is 3.81. The second kappa shape index (κ2) is 4.92. The average molecular weight is 257 g/mol. The lowest BCUT2D eigenvalue weighted by Crippen LogP contribution is -2.11. The molecule has 3 nitrogen and oxygen atoms in total. The summed E-state index contributed by atoms with van der Waals surface area (Å²) in [6, 6.07) is 8.61. The normalized spacial score (nSPS) is 11.2. The molecule has 0 saturated heterocycles. The molecule has 0 bridgehead atoms. The molecule has 18 heavy (non-hydrogen) atoms. The zero-order valence-corrected chi connectivity index (χ0v) is 11.1. The summed E-state index contributed by atoms with van der Waals surface area (Å²) in [5.41, 5.74) is 2.50. The molecule has 0 spiro atoms. The fourth-order valence-corrected chi connectivity index (χ4v) is 2.79. The SMILES string of the molecule is Cc1ncc(CNCc2ccc3[nH]ccc3c2)s1. The van der Waals surface area contributed by atoms with E-state index in [4.69, 9.17) is 0 Å². The molecule has 1 aromatic carbocycles. The van der Waals surface area contributed by atoms with E-state index in [2.05, 4.69) is 39.6 Å². The molecule has 3 aromatic rings. The van der Waals surface area contributed by atoms with Crippen LogP contribution >= 0.6 is 11.3 Å². The molecule has 0 unspecified atom stereocenters. The van der Waals surface area contributed by atoms with Gasteiger partial charge in [0.2, 0.25) is 0 Å². The van der Waals surface area contributed by atoms with Gasteiger partial charge in [0.25, 0.3) is 0 Å². The number of nitrogens with one attached hydrogen (secondary N) is 2. The van der Waals surface area contributed by atoms with Gasteiger partial charge >= 0.3 is 0 Å². The van der Waals surface area contributed by atoms with E-state index in [0.717, 1.165) is 18.1 Å². The molecule has 2 heterocycles. The second-order valence-corrected chi connectivity index (χ2v) is 5.67. The van der Waals surface area contributed by atoms with Crippen molar-refractivity contribution in [2.45, 2.75) is 20.0 Å². The quantitative estimate of drug-likeness (QED) is 0.753. The number of benzene rings is 1. The summed E-state index contributed by atoms with van der Waals surface area (Å²) in [7, 11) is 0. The lowest BCUT2D eigenvalue weighted by molar-refractivity contribution is 0.700. The fraction of sp³-hybridized carbons (Fsp3) is 0.214. The van der Waals surface area contributed by atoms with Crippen molar-refractivity contribution in [1.82, 2.24) is 15.3 Å². The molecule has 0 saturated carbocycles. The number of aromatic amines is 1. The van der Waals surface area contributed by atoms with Crippen LogP contribution in [0.4, 0.5) is 0 Å². The maximum Gasteiger partial charge on any atom is 0.0897 e. The highest BCUT2D eigenvalue weighted by atomic mass is 32.1. The Kier molecular flexibility index (Phi) is 3.13. The average Bonchev–Trinajstić information content (AvgIpc) is 2.97. The number of rotatable bonds is 4. The third-order valence-electron chi connectivity index (χ3n) is 2.92. The Bertz CT molecular complexity index is 654. The number of hydrogen-bond acceptors (Lipinski definition) is 3. The maximum absolute atomic E-state index is 4.25. The first-order chi connectivity index (χ1) is 8.81.